The maximum atomic E-state index is 11.9. The van der Waals surface area contributed by atoms with Crippen molar-refractivity contribution in [1.82, 2.24) is 10.6 Å². The summed E-state index contributed by atoms with van der Waals surface area (Å²) >= 11 is 6.19. The van der Waals surface area contributed by atoms with Crippen molar-refractivity contribution in [3.8, 4) is 11.5 Å². The molecular formula is C17H27Cl2N3O4. The van der Waals surface area contributed by atoms with Crippen LogP contribution in [0.1, 0.15) is 26.3 Å². The monoisotopic (exact) mass is 407 g/mol. The lowest BCUT2D eigenvalue weighted by Gasteiger charge is -2.15. The van der Waals surface area contributed by atoms with Crippen molar-refractivity contribution in [1.29, 1.82) is 0 Å². The number of benzene rings is 1. The average Bonchev–Trinajstić information content (AvgIpc) is 2.58. The first kappa shape index (κ1) is 24.3. The molecule has 0 heterocycles. The minimum Gasteiger partial charge on any atom is -0.493 e. The molecule has 0 spiro atoms. The van der Waals surface area contributed by atoms with Crippen LogP contribution in [0.5, 0.6) is 11.5 Å². The lowest BCUT2D eigenvalue weighted by Crippen LogP contribution is -2.47. The number of amides is 2. The van der Waals surface area contributed by atoms with Crippen LogP contribution in [0.15, 0.2) is 12.1 Å². The Morgan fingerprint density at radius 1 is 1.27 bits per heavy atom. The predicted molar refractivity (Wildman–Crippen MR) is 104 cm³/mol. The molecule has 0 aliphatic heterocycles. The molecule has 0 unspecified atom stereocenters. The summed E-state index contributed by atoms with van der Waals surface area (Å²) in [6.07, 6.45) is 0. The van der Waals surface area contributed by atoms with Gasteiger partial charge in [0.1, 0.15) is 0 Å². The smallest absolute Gasteiger partial charge is 0.239 e. The number of carbonyl (C=O) groups excluding carboxylic acids is 2. The van der Waals surface area contributed by atoms with E-state index in [0.29, 0.717) is 23.1 Å². The lowest BCUT2D eigenvalue weighted by molar-refractivity contribution is -0.127. The van der Waals surface area contributed by atoms with E-state index in [4.69, 9.17) is 26.8 Å². The van der Waals surface area contributed by atoms with Gasteiger partial charge >= 0.3 is 0 Å². The fourth-order valence-corrected chi connectivity index (χ4v) is 2.30. The number of rotatable bonds is 9. The molecule has 1 rings (SSSR count). The van der Waals surface area contributed by atoms with Gasteiger partial charge < -0.3 is 25.8 Å². The number of carbonyl (C=O) groups is 2. The van der Waals surface area contributed by atoms with Crippen LogP contribution >= 0.6 is 24.0 Å². The molecule has 0 bridgehead atoms. The minimum atomic E-state index is -0.637. The highest BCUT2D eigenvalue weighted by Crippen LogP contribution is 2.36. The molecule has 26 heavy (non-hydrogen) atoms. The van der Waals surface area contributed by atoms with Gasteiger partial charge in [0.25, 0.3) is 0 Å². The minimum absolute atomic E-state index is 0. The summed E-state index contributed by atoms with van der Waals surface area (Å²) < 4.78 is 10.7. The second kappa shape index (κ2) is 11.8. The van der Waals surface area contributed by atoms with Gasteiger partial charge in [0.15, 0.2) is 11.5 Å². The molecule has 0 aromatic heterocycles. The Morgan fingerprint density at radius 3 is 2.46 bits per heavy atom. The largest absolute Gasteiger partial charge is 0.493 e. The molecule has 1 atom stereocenters. The SMILES string of the molecule is CCOc1c(Cl)cc(CNC(=O)CNC(=O)[C@@H](N)C(C)C)cc1OC.Cl. The third-order valence-electron chi connectivity index (χ3n) is 3.51. The summed E-state index contributed by atoms with van der Waals surface area (Å²) in [6.45, 7) is 6.10. The van der Waals surface area contributed by atoms with E-state index in [9.17, 15) is 9.59 Å². The number of hydrogen-bond acceptors (Lipinski definition) is 5. The van der Waals surface area contributed by atoms with E-state index in [1.165, 1.54) is 7.11 Å². The zero-order valence-electron chi connectivity index (χ0n) is 15.4. The lowest BCUT2D eigenvalue weighted by atomic mass is 10.1. The van der Waals surface area contributed by atoms with Crippen LogP contribution in [-0.4, -0.2) is 38.1 Å². The average molecular weight is 408 g/mol. The van der Waals surface area contributed by atoms with Crippen molar-refractivity contribution in [3.63, 3.8) is 0 Å². The second-order valence-corrected chi connectivity index (χ2v) is 6.21. The zero-order valence-corrected chi connectivity index (χ0v) is 17.0. The Bertz CT molecular complexity index is 612. The van der Waals surface area contributed by atoms with Crippen molar-refractivity contribution in [2.45, 2.75) is 33.4 Å². The Morgan fingerprint density at radius 2 is 1.92 bits per heavy atom. The number of methoxy groups -OCH3 is 1. The van der Waals surface area contributed by atoms with Gasteiger partial charge in [-0.2, -0.15) is 0 Å². The quantitative estimate of drug-likeness (QED) is 0.579. The van der Waals surface area contributed by atoms with E-state index >= 15 is 0 Å². The van der Waals surface area contributed by atoms with E-state index in [1.807, 2.05) is 20.8 Å². The number of hydrogen-bond donors (Lipinski definition) is 3. The van der Waals surface area contributed by atoms with Crippen LogP contribution in [0.3, 0.4) is 0 Å². The Labute approximate surface area is 165 Å². The molecule has 0 radical (unpaired) electrons. The van der Waals surface area contributed by atoms with Gasteiger partial charge in [0.05, 0.1) is 31.3 Å². The summed E-state index contributed by atoms with van der Waals surface area (Å²) in [4.78, 5) is 23.6. The first-order valence-electron chi connectivity index (χ1n) is 8.09. The van der Waals surface area contributed by atoms with E-state index in [1.54, 1.807) is 12.1 Å². The third kappa shape index (κ3) is 7.27. The van der Waals surface area contributed by atoms with Crippen LogP contribution in [0.4, 0.5) is 0 Å². The molecular weight excluding hydrogens is 381 g/mol. The van der Waals surface area contributed by atoms with Crippen LogP contribution in [-0.2, 0) is 16.1 Å². The normalized spacial score (nSPS) is 11.3. The van der Waals surface area contributed by atoms with E-state index in [-0.39, 0.29) is 43.2 Å². The highest BCUT2D eigenvalue weighted by atomic mass is 35.5. The highest BCUT2D eigenvalue weighted by molar-refractivity contribution is 6.32. The van der Waals surface area contributed by atoms with Crippen LogP contribution in [0.2, 0.25) is 5.02 Å². The molecule has 0 aliphatic carbocycles. The van der Waals surface area contributed by atoms with Gasteiger partial charge in [-0.05, 0) is 30.5 Å². The number of nitrogens with one attached hydrogen (secondary N) is 2. The number of nitrogens with two attached hydrogens (primary N) is 1. The Balaban J connectivity index is 0.00000625. The third-order valence-corrected chi connectivity index (χ3v) is 3.79. The molecule has 9 heteroatoms. The van der Waals surface area contributed by atoms with Crippen molar-refractivity contribution < 1.29 is 19.1 Å². The summed E-state index contributed by atoms with van der Waals surface area (Å²) in [6, 6.07) is 2.80. The van der Waals surface area contributed by atoms with Crippen LogP contribution in [0, 0.1) is 5.92 Å². The van der Waals surface area contributed by atoms with Crippen molar-refractivity contribution in [2.75, 3.05) is 20.3 Å². The number of halogens is 2. The molecule has 0 aliphatic rings. The number of ether oxygens (including phenoxy) is 2. The molecule has 1 aromatic carbocycles. The first-order valence-corrected chi connectivity index (χ1v) is 8.47. The molecule has 148 valence electrons. The zero-order chi connectivity index (χ0) is 19.0. The van der Waals surface area contributed by atoms with Gasteiger partial charge in [-0.25, -0.2) is 0 Å². The summed E-state index contributed by atoms with van der Waals surface area (Å²) in [5.74, 6) is 0.289. The summed E-state index contributed by atoms with van der Waals surface area (Å²) in [5, 5.41) is 5.62. The molecule has 0 fully saturated rings. The van der Waals surface area contributed by atoms with Crippen molar-refractivity contribution in [2.24, 2.45) is 11.7 Å². The Hall–Kier alpha value is -1.70. The highest BCUT2D eigenvalue weighted by Gasteiger charge is 2.17. The van der Waals surface area contributed by atoms with Gasteiger partial charge in [-0.3, -0.25) is 9.59 Å². The first-order chi connectivity index (χ1) is 11.8. The summed E-state index contributed by atoms with van der Waals surface area (Å²) in [5.41, 5.74) is 6.47. The maximum absolute atomic E-state index is 11.9. The molecule has 7 nitrogen and oxygen atoms in total. The molecule has 0 saturated carbocycles. The van der Waals surface area contributed by atoms with E-state index < -0.39 is 6.04 Å². The molecule has 4 N–H and O–H groups in total. The molecule has 2 amide bonds. The second-order valence-electron chi connectivity index (χ2n) is 5.81. The van der Waals surface area contributed by atoms with Gasteiger partial charge in [-0.15, -0.1) is 12.4 Å². The maximum Gasteiger partial charge on any atom is 0.239 e. The molecule has 0 saturated heterocycles. The summed E-state index contributed by atoms with van der Waals surface area (Å²) in [7, 11) is 1.52. The molecule has 1 aromatic rings. The van der Waals surface area contributed by atoms with Crippen molar-refractivity contribution >= 4 is 35.8 Å². The van der Waals surface area contributed by atoms with Gasteiger partial charge in [0, 0.05) is 6.54 Å². The van der Waals surface area contributed by atoms with Gasteiger partial charge in [0.2, 0.25) is 11.8 Å². The van der Waals surface area contributed by atoms with E-state index in [2.05, 4.69) is 10.6 Å². The Kier molecular flexibility index (Phi) is 11.1. The van der Waals surface area contributed by atoms with Gasteiger partial charge in [-0.1, -0.05) is 25.4 Å². The standard InChI is InChI=1S/C17H26ClN3O4.ClH/c1-5-25-16-12(18)6-11(7-13(16)24-4)8-20-14(22)9-21-17(23)15(19)10(2)3;/h6-7,10,15H,5,8-9,19H2,1-4H3,(H,20,22)(H,21,23);1H/t15-;/m0./s1. The van der Waals surface area contributed by atoms with E-state index in [0.717, 1.165) is 5.56 Å². The predicted octanol–water partition coefficient (Wildman–Crippen LogP) is 1.88. The fourth-order valence-electron chi connectivity index (χ4n) is 2.01. The van der Waals surface area contributed by atoms with Crippen LogP contribution < -0.4 is 25.8 Å². The van der Waals surface area contributed by atoms with Crippen molar-refractivity contribution in [3.05, 3.63) is 22.7 Å². The topological polar surface area (TPSA) is 103 Å². The van der Waals surface area contributed by atoms with Crippen LogP contribution in [0.25, 0.3) is 0 Å². The fraction of sp³-hybridized carbons (Fsp3) is 0.529.